The summed E-state index contributed by atoms with van der Waals surface area (Å²) in [4.78, 5) is 2.41. The molecule has 1 atom stereocenters. The minimum atomic E-state index is -0.641. The fourth-order valence-corrected chi connectivity index (χ4v) is 11.7. The van der Waals surface area contributed by atoms with Gasteiger partial charge in [0.25, 0.3) is 0 Å². The highest BCUT2D eigenvalue weighted by Gasteiger charge is 2.54. The summed E-state index contributed by atoms with van der Waals surface area (Å²) >= 11 is 0. The number of hydrogen-bond donors (Lipinski definition) is 0. The maximum Gasteiger partial charge on any atom is 0.143 e. The number of furan rings is 1. The number of anilines is 3. The maximum absolute atomic E-state index is 6.95. The first-order chi connectivity index (χ1) is 34.2. The van der Waals surface area contributed by atoms with Gasteiger partial charge < -0.3 is 9.32 Å². The second-order valence-corrected chi connectivity index (χ2v) is 18.3. The van der Waals surface area contributed by atoms with Gasteiger partial charge in [-0.05, 0) is 132 Å². The zero-order valence-electron chi connectivity index (χ0n) is 37.7. The lowest BCUT2D eigenvalue weighted by Gasteiger charge is -2.33. The zero-order chi connectivity index (χ0) is 45.5. The summed E-state index contributed by atoms with van der Waals surface area (Å²) < 4.78 is 6.95. The molecule has 2 heteroatoms. The highest BCUT2D eigenvalue weighted by molar-refractivity contribution is 6.13. The van der Waals surface area contributed by atoms with Crippen LogP contribution >= 0.6 is 0 Å². The zero-order valence-corrected chi connectivity index (χ0v) is 37.7. The fraction of sp³-hybridized carbons (Fsp3) is 0.0149. The summed E-state index contributed by atoms with van der Waals surface area (Å²) in [6.45, 7) is 0. The highest BCUT2D eigenvalue weighted by atomic mass is 16.3. The lowest BCUT2D eigenvalue weighted by atomic mass is 9.68. The summed E-state index contributed by atoms with van der Waals surface area (Å²) in [7, 11) is 0. The van der Waals surface area contributed by atoms with Gasteiger partial charge in [0.05, 0.1) is 5.41 Å². The van der Waals surface area contributed by atoms with Crippen molar-refractivity contribution in [3.63, 3.8) is 0 Å². The average Bonchev–Trinajstić information content (AvgIpc) is 4.06. The molecule has 2 aliphatic carbocycles. The van der Waals surface area contributed by atoms with E-state index in [9.17, 15) is 0 Å². The Bertz CT molecular complexity index is 3940. The van der Waals surface area contributed by atoms with Crippen molar-refractivity contribution in [1.29, 1.82) is 0 Å². The van der Waals surface area contributed by atoms with Gasteiger partial charge in [-0.1, -0.05) is 212 Å². The third kappa shape index (κ3) is 5.99. The Kier molecular flexibility index (Phi) is 8.84. The first-order valence-electron chi connectivity index (χ1n) is 23.8. The van der Waals surface area contributed by atoms with E-state index in [1.807, 2.05) is 0 Å². The Morgan fingerprint density at radius 2 is 0.826 bits per heavy atom. The molecule has 1 unspecified atom stereocenters. The molecule has 1 spiro atoms. The predicted molar refractivity (Wildman–Crippen MR) is 286 cm³/mol. The van der Waals surface area contributed by atoms with E-state index in [0.29, 0.717) is 0 Å². The van der Waals surface area contributed by atoms with Crippen LogP contribution in [0, 0.1) is 0 Å². The van der Waals surface area contributed by atoms with Gasteiger partial charge in [-0.2, -0.15) is 0 Å². The van der Waals surface area contributed by atoms with Crippen molar-refractivity contribution in [2.45, 2.75) is 5.41 Å². The molecule has 0 radical (unpaired) electrons. The fourth-order valence-electron chi connectivity index (χ4n) is 11.7. The third-order valence-electron chi connectivity index (χ3n) is 14.7. The number of hydrogen-bond acceptors (Lipinski definition) is 2. The average molecular weight is 878 g/mol. The Labute approximate surface area is 401 Å². The Morgan fingerprint density at radius 3 is 1.57 bits per heavy atom. The monoisotopic (exact) mass is 877 g/mol. The topological polar surface area (TPSA) is 16.4 Å². The van der Waals surface area contributed by atoms with Gasteiger partial charge in [0.2, 0.25) is 0 Å². The molecule has 2 aliphatic rings. The van der Waals surface area contributed by atoms with E-state index in [1.165, 1.54) is 83.5 Å². The number of para-hydroxylation sites is 1. The normalized spacial score (nSPS) is 14.1. The summed E-state index contributed by atoms with van der Waals surface area (Å²) in [6.07, 6.45) is 0. The molecule has 11 aromatic carbocycles. The molecule has 0 N–H and O–H groups in total. The van der Waals surface area contributed by atoms with Crippen LogP contribution in [0.15, 0.2) is 265 Å². The molecule has 1 heterocycles. The molecule has 12 aromatic rings. The molecule has 0 bridgehead atoms. The van der Waals surface area contributed by atoms with E-state index >= 15 is 0 Å². The van der Waals surface area contributed by atoms with Gasteiger partial charge in [0, 0.05) is 33.4 Å². The summed E-state index contributed by atoms with van der Waals surface area (Å²) in [5, 5.41) is 2.28. The quantitative estimate of drug-likeness (QED) is 0.159. The molecular formula is C67H43NO. The number of fused-ring (bicyclic) bond motifs is 14. The van der Waals surface area contributed by atoms with Crippen molar-refractivity contribution < 1.29 is 4.42 Å². The van der Waals surface area contributed by atoms with Crippen LogP contribution in [0.5, 0.6) is 0 Å². The Balaban J connectivity index is 1.01. The first-order valence-corrected chi connectivity index (χ1v) is 23.8. The van der Waals surface area contributed by atoms with Crippen molar-refractivity contribution >= 4 is 39.0 Å². The van der Waals surface area contributed by atoms with E-state index in [4.69, 9.17) is 4.42 Å². The summed E-state index contributed by atoms with van der Waals surface area (Å²) in [5.74, 6) is 0. The maximum atomic E-state index is 6.95. The van der Waals surface area contributed by atoms with E-state index in [1.54, 1.807) is 0 Å². The van der Waals surface area contributed by atoms with Crippen LogP contribution in [-0.4, -0.2) is 0 Å². The molecule has 0 amide bonds. The molecule has 0 fully saturated rings. The van der Waals surface area contributed by atoms with Gasteiger partial charge in [0.15, 0.2) is 0 Å². The van der Waals surface area contributed by atoms with Gasteiger partial charge in [0.1, 0.15) is 11.2 Å². The lowest BCUT2D eigenvalue weighted by Crippen LogP contribution is -2.26. The van der Waals surface area contributed by atoms with Gasteiger partial charge >= 0.3 is 0 Å². The molecule has 322 valence electrons. The largest absolute Gasteiger partial charge is 0.455 e. The van der Waals surface area contributed by atoms with E-state index in [0.717, 1.165) is 44.6 Å². The van der Waals surface area contributed by atoms with Crippen LogP contribution in [0.25, 0.3) is 88.7 Å². The van der Waals surface area contributed by atoms with E-state index < -0.39 is 5.41 Å². The minimum absolute atomic E-state index is 0.641. The van der Waals surface area contributed by atoms with Crippen LogP contribution in [0.1, 0.15) is 22.3 Å². The SMILES string of the molecule is c1ccc(-c2ccc(N(c3cccc(-c4ccccc4)c3)c3cccc(-c4cccc5c4C4(c6ccccc6-5)c5cc(-c6ccccc6)ccc5-c5c4ccc4c5oc5ccccc54)c3)cc2)cc1. The molecule has 0 aliphatic heterocycles. The summed E-state index contributed by atoms with van der Waals surface area (Å²) in [5.41, 5.74) is 24.0. The molecule has 2 nitrogen and oxygen atoms in total. The Morgan fingerprint density at radius 1 is 0.290 bits per heavy atom. The van der Waals surface area contributed by atoms with E-state index in [2.05, 4.69) is 266 Å². The Hall–Kier alpha value is -8.98. The van der Waals surface area contributed by atoms with Crippen molar-refractivity contribution in [2.75, 3.05) is 4.90 Å². The van der Waals surface area contributed by atoms with Crippen molar-refractivity contribution in [2.24, 2.45) is 0 Å². The number of benzene rings is 11. The standard InChI is InChI=1S/C67H43NO/c1-4-17-44(18-5-1)47-33-36-51(37-34-47)68(52-25-14-23-48(41-52)45-19-6-2-7-20-45)53-26-15-24-50(42-53)54-29-16-30-57-55-27-10-12-31-60(55)67(65(54)57)61-40-39-58-56-28-11-13-32-63(56)69-66(58)64(61)59-38-35-49(43-62(59)67)46-21-8-3-9-22-46/h1-43H. The van der Waals surface area contributed by atoms with Gasteiger partial charge in [-0.15, -0.1) is 0 Å². The molecule has 0 saturated heterocycles. The van der Waals surface area contributed by atoms with Crippen LogP contribution in [0.4, 0.5) is 17.1 Å². The highest BCUT2D eigenvalue weighted by Crippen LogP contribution is 2.66. The molecule has 1 aromatic heterocycles. The van der Waals surface area contributed by atoms with Crippen LogP contribution < -0.4 is 4.90 Å². The number of nitrogens with zero attached hydrogens (tertiary/aromatic N) is 1. The van der Waals surface area contributed by atoms with Crippen LogP contribution in [0.2, 0.25) is 0 Å². The van der Waals surface area contributed by atoms with Crippen molar-refractivity contribution in [3.05, 3.63) is 283 Å². The second kappa shape index (κ2) is 15.6. The number of rotatable bonds is 7. The molecule has 14 rings (SSSR count). The minimum Gasteiger partial charge on any atom is -0.455 e. The first kappa shape index (κ1) is 39.2. The second-order valence-electron chi connectivity index (χ2n) is 18.3. The van der Waals surface area contributed by atoms with Crippen molar-refractivity contribution in [3.8, 4) is 66.8 Å². The van der Waals surface area contributed by atoms with Crippen molar-refractivity contribution in [1.82, 2.24) is 0 Å². The van der Waals surface area contributed by atoms with E-state index in [-0.39, 0.29) is 0 Å². The van der Waals surface area contributed by atoms with Crippen LogP contribution in [0.3, 0.4) is 0 Å². The predicted octanol–water partition coefficient (Wildman–Crippen LogP) is 18.1. The third-order valence-corrected chi connectivity index (χ3v) is 14.7. The molecular weight excluding hydrogens is 835 g/mol. The molecule has 69 heavy (non-hydrogen) atoms. The van der Waals surface area contributed by atoms with Crippen LogP contribution in [-0.2, 0) is 5.41 Å². The lowest BCUT2D eigenvalue weighted by molar-refractivity contribution is 0.669. The van der Waals surface area contributed by atoms with Gasteiger partial charge in [-0.25, -0.2) is 0 Å². The van der Waals surface area contributed by atoms with Gasteiger partial charge in [-0.3, -0.25) is 0 Å². The smallest absolute Gasteiger partial charge is 0.143 e. The molecule has 0 saturated carbocycles. The summed E-state index contributed by atoms with van der Waals surface area (Å²) in [6, 6.07) is 95.5.